The molecular formula is C19H18ClN5O2. The molecule has 3 aromatic rings. The zero-order valence-corrected chi connectivity index (χ0v) is 15.2. The standard InChI is InChI=1S/C19H18ClN5O2/c20-14-1-2-17(25-12-22-11-23-25)16(9-14)19(26)24-15-5-8-27-18(10-15)13-3-6-21-7-4-13/h1-4,6-7,9,11-12,15,18H,5,8,10H2,(H,24,26). The monoisotopic (exact) mass is 383 g/mol. The van der Waals surface area contributed by atoms with E-state index in [2.05, 4.69) is 20.4 Å². The number of hydrogen-bond donors (Lipinski definition) is 1. The molecule has 1 saturated heterocycles. The normalized spacial score (nSPS) is 19.6. The first-order chi connectivity index (χ1) is 13.2. The van der Waals surface area contributed by atoms with Gasteiger partial charge in [-0.3, -0.25) is 9.78 Å². The lowest BCUT2D eigenvalue weighted by molar-refractivity contribution is 0.000860. The van der Waals surface area contributed by atoms with Crippen LogP contribution in [0.15, 0.2) is 55.4 Å². The minimum Gasteiger partial charge on any atom is -0.373 e. The number of carbonyl (C=O) groups is 1. The van der Waals surface area contributed by atoms with Gasteiger partial charge >= 0.3 is 0 Å². The quantitative estimate of drug-likeness (QED) is 0.749. The SMILES string of the molecule is O=C(NC1CCOC(c2ccncc2)C1)c1cc(Cl)ccc1-n1cncn1. The molecule has 2 unspecified atom stereocenters. The number of nitrogens with zero attached hydrogens (tertiary/aromatic N) is 4. The van der Waals surface area contributed by atoms with Gasteiger partial charge in [-0.25, -0.2) is 9.67 Å². The van der Waals surface area contributed by atoms with Crippen molar-refractivity contribution < 1.29 is 9.53 Å². The summed E-state index contributed by atoms with van der Waals surface area (Å²) in [7, 11) is 0. The van der Waals surface area contributed by atoms with Gasteiger partial charge in [-0.05, 0) is 48.7 Å². The highest BCUT2D eigenvalue weighted by Gasteiger charge is 2.26. The number of hydrogen-bond acceptors (Lipinski definition) is 5. The Morgan fingerprint density at radius 3 is 2.85 bits per heavy atom. The maximum atomic E-state index is 12.9. The third-order valence-electron chi connectivity index (χ3n) is 4.57. The van der Waals surface area contributed by atoms with E-state index in [9.17, 15) is 4.79 Å². The molecule has 8 heteroatoms. The fraction of sp³-hybridized carbons (Fsp3) is 0.263. The van der Waals surface area contributed by atoms with Gasteiger partial charge in [-0.15, -0.1) is 0 Å². The Hall–Kier alpha value is -2.77. The summed E-state index contributed by atoms with van der Waals surface area (Å²) in [6.07, 6.45) is 7.87. The van der Waals surface area contributed by atoms with Gasteiger partial charge in [0.25, 0.3) is 5.91 Å². The summed E-state index contributed by atoms with van der Waals surface area (Å²) in [5.74, 6) is -0.191. The minimum atomic E-state index is -0.191. The van der Waals surface area contributed by atoms with Crippen LogP contribution < -0.4 is 5.32 Å². The van der Waals surface area contributed by atoms with Crippen LogP contribution in [-0.4, -0.2) is 38.3 Å². The largest absolute Gasteiger partial charge is 0.373 e. The summed E-state index contributed by atoms with van der Waals surface area (Å²) in [5.41, 5.74) is 2.15. The summed E-state index contributed by atoms with van der Waals surface area (Å²) in [5, 5.41) is 7.72. The van der Waals surface area contributed by atoms with E-state index < -0.39 is 0 Å². The van der Waals surface area contributed by atoms with Crippen molar-refractivity contribution in [2.45, 2.75) is 25.0 Å². The first-order valence-corrected chi connectivity index (χ1v) is 9.05. The molecular weight excluding hydrogens is 366 g/mol. The van der Waals surface area contributed by atoms with Crippen LogP contribution in [0.2, 0.25) is 5.02 Å². The average Bonchev–Trinajstić information content (AvgIpc) is 3.23. The molecule has 0 bridgehead atoms. The second-order valence-corrected chi connectivity index (χ2v) is 6.77. The van der Waals surface area contributed by atoms with Crippen LogP contribution >= 0.6 is 11.6 Å². The third kappa shape index (κ3) is 3.99. The van der Waals surface area contributed by atoms with Crippen molar-refractivity contribution in [3.63, 3.8) is 0 Å². The third-order valence-corrected chi connectivity index (χ3v) is 4.80. The maximum absolute atomic E-state index is 12.9. The summed E-state index contributed by atoms with van der Waals surface area (Å²) in [4.78, 5) is 20.9. The van der Waals surface area contributed by atoms with Gasteiger partial charge in [-0.1, -0.05) is 11.6 Å². The molecule has 0 radical (unpaired) electrons. The zero-order valence-electron chi connectivity index (χ0n) is 14.5. The van der Waals surface area contributed by atoms with Crippen molar-refractivity contribution in [2.75, 3.05) is 6.61 Å². The number of halogens is 1. The minimum absolute atomic E-state index is 0.00648. The number of nitrogens with one attached hydrogen (secondary N) is 1. The Labute approximate surface area is 161 Å². The van der Waals surface area contributed by atoms with E-state index in [0.29, 0.717) is 29.3 Å². The van der Waals surface area contributed by atoms with Gasteiger partial charge in [0, 0.05) is 30.1 Å². The van der Waals surface area contributed by atoms with E-state index in [1.165, 1.54) is 6.33 Å². The molecule has 2 atom stereocenters. The van der Waals surface area contributed by atoms with Crippen molar-refractivity contribution in [3.05, 3.63) is 71.5 Å². The Balaban J connectivity index is 1.52. The molecule has 1 N–H and O–H groups in total. The lowest BCUT2D eigenvalue weighted by Gasteiger charge is -2.30. The molecule has 2 aromatic heterocycles. The molecule has 7 nitrogen and oxygen atoms in total. The molecule has 3 heterocycles. The van der Waals surface area contributed by atoms with Gasteiger partial charge in [0.2, 0.25) is 0 Å². The molecule has 1 amide bonds. The van der Waals surface area contributed by atoms with Gasteiger partial charge in [0.05, 0.1) is 17.4 Å². The van der Waals surface area contributed by atoms with Crippen LogP contribution in [0.4, 0.5) is 0 Å². The van der Waals surface area contributed by atoms with Crippen LogP contribution in [0.1, 0.15) is 34.9 Å². The number of carbonyl (C=O) groups excluding carboxylic acids is 1. The highest BCUT2D eigenvalue weighted by Crippen LogP contribution is 2.28. The molecule has 0 spiro atoms. The highest BCUT2D eigenvalue weighted by molar-refractivity contribution is 6.31. The highest BCUT2D eigenvalue weighted by atomic mass is 35.5. The van der Waals surface area contributed by atoms with E-state index in [0.717, 1.165) is 12.0 Å². The average molecular weight is 384 g/mol. The van der Waals surface area contributed by atoms with Crippen molar-refractivity contribution >= 4 is 17.5 Å². The fourth-order valence-electron chi connectivity index (χ4n) is 3.22. The lowest BCUT2D eigenvalue weighted by atomic mass is 9.98. The van der Waals surface area contributed by atoms with Crippen LogP contribution in [0, 0.1) is 0 Å². The predicted octanol–water partition coefficient (Wildman–Crippen LogP) is 2.97. The van der Waals surface area contributed by atoms with Crippen molar-refractivity contribution in [2.24, 2.45) is 0 Å². The molecule has 27 heavy (non-hydrogen) atoms. The zero-order chi connectivity index (χ0) is 18.6. The number of aromatic nitrogens is 4. The molecule has 1 aliphatic heterocycles. The van der Waals surface area contributed by atoms with Crippen molar-refractivity contribution in [3.8, 4) is 5.69 Å². The van der Waals surface area contributed by atoms with Gasteiger partial charge in [-0.2, -0.15) is 5.10 Å². The molecule has 0 saturated carbocycles. The van der Waals surface area contributed by atoms with Crippen molar-refractivity contribution in [1.29, 1.82) is 0 Å². The van der Waals surface area contributed by atoms with Gasteiger partial charge in [0.1, 0.15) is 12.7 Å². The van der Waals surface area contributed by atoms with Crippen LogP contribution in [0.3, 0.4) is 0 Å². The predicted molar refractivity (Wildman–Crippen MR) is 99.8 cm³/mol. The number of benzene rings is 1. The topological polar surface area (TPSA) is 81.9 Å². The van der Waals surface area contributed by atoms with E-state index in [-0.39, 0.29) is 18.1 Å². The smallest absolute Gasteiger partial charge is 0.253 e. The Kier molecular flexibility index (Phi) is 5.13. The van der Waals surface area contributed by atoms with Crippen molar-refractivity contribution in [1.82, 2.24) is 25.1 Å². The lowest BCUT2D eigenvalue weighted by Crippen LogP contribution is -2.40. The molecule has 138 valence electrons. The molecule has 1 aliphatic rings. The summed E-state index contributed by atoms with van der Waals surface area (Å²) >= 11 is 6.12. The first kappa shape index (κ1) is 17.6. The Morgan fingerprint density at radius 2 is 2.07 bits per heavy atom. The second kappa shape index (κ2) is 7.85. The van der Waals surface area contributed by atoms with Crippen LogP contribution in [0.5, 0.6) is 0 Å². The van der Waals surface area contributed by atoms with Crippen LogP contribution in [0.25, 0.3) is 5.69 Å². The van der Waals surface area contributed by atoms with Crippen LogP contribution in [-0.2, 0) is 4.74 Å². The Bertz CT molecular complexity index is 917. The van der Waals surface area contributed by atoms with E-state index in [1.807, 2.05) is 12.1 Å². The van der Waals surface area contributed by atoms with Gasteiger partial charge < -0.3 is 10.1 Å². The van der Waals surface area contributed by atoms with Gasteiger partial charge in [0.15, 0.2) is 0 Å². The summed E-state index contributed by atoms with van der Waals surface area (Å²) in [6.45, 7) is 0.587. The molecule has 4 rings (SSSR count). The second-order valence-electron chi connectivity index (χ2n) is 6.34. The first-order valence-electron chi connectivity index (χ1n) is 8.67. The fourth-order valence-corrected chi connectivity index (χ4v) is 3.40. The number of amides is 1. The summed E-state index contributed by atoms with van der Waals surface area (Å²) < 4.78 is 7.41. The number of rotatable bonds is 4. The maximum Gasteiger partial charge on any atom is 0.253 e. The van der Waals surface area contributed by atoms with E-state index >= 15 is 0 Å². The summed E-state index contributed by atoms with van der Waals surface area (Å²) in [6, 6.07) is 9.02. The molecule has 1 aromatic carbocycles. The van der Waals surface area contributed by atoms with E-state index in [4.69, 9.17) is 16.3 Å². The number of pyridine rings is 1. The molecule has 1 fully saturated rings. The number of ether oxygens (including phenoxy) is 1. The Morgan fingerprint density at radius 1 is 1.22 bits per heavy atom. The molecule has 0 aliphatic carbocycles. The van der Waals surface area contributed by atoms with E-state index in [1.54, 1.807) is 41.6 Å².